The maximum Gasteiger partial charge on any atom is 0.348 e. The van der Waals surface area contributed by atoms with Crippen molar-refractivity contribution in [3.63, 3.8) is 0 Å². The highest BCUT2D eigenvalue weighted by Crippen LogP contribution is 2.19. The fourth-order valence-corrected chi connectivity index (χ4v) is 2.05. The van der Waals surface area contributed by atoms with Crippen molar-refractivity contribution in [3.05, 3.63) is 28.6 Å². The van der Waals surface area contributed by atoms with Gasteiger partial charge in [0.15, 0.2) is 0 Å². The van der Waals surface area contributed by atoms with Crippen LogP contribution in [0.15, 0.2) is 11.6 Å². The number of hydrogen-bond acceptors (Lipinski definition) is 4. The summed E-state index contributed by atoms with van der Waals surface area (Å²) in [6.45, 7) is 6.60. The van der Waals surface area contributed by atoms with E-state index in [1.807, 2.05) is 26.0 Å². The molecular weight excluding hydrogens is 256 g/mol. The average Bonchev–Trinajstić information content (AvgIpc) is 2.70. The van der Waals surface area contributed by atoms with E-state index in [1.165, 1.54) is 6.08 Å². The zero-order chi connectivity index (χ0) is 15.1. The van der Waals surface area contributed by atoms with Gasteiger partial charge in [-0.15, -0.1) is 0 Å². The Labute approximate surface area is 119 Å². The second-order valence-electron chi connectivity index (χ2n) is 4.51. The van der Waals surface area contributed by atoms with Gasteiger partial charge in [0.25, 0.3) is 0 Å². The maximum atomic E-state index is 11.6. The molecule has 20 heavy (non-hydrogen) atoms. The van der Waals surface area contributed by atoms with Crippen LogP contribution in [0.5, 0.6) is 0 Å². The van der Waals surface area contributed by atoms with Crippen LogP contribution in [-0.2, 0) is 16.1 Å². The summed E-state index contributed by atoms with van der Waals surface area (Å²) >= 11 is 0. The molecule has 0 unspecified atom stereocenters. The Hall–Kier alpha value is -2.06. The zero-order valence-electron chi connectivity index (χ0n) is 12.1. The molecule has 0 aliphatic carbocycles. The minimum atomic E-state index is -0.707. The van der Waals surface area contributed by atoms with E-state index in [0.717, 1.165) is 29.9 Å². The van der Waals surface area contributed by atoms with Crippen LogP contribution in [0.25, 0.3) is 6.08 Å². The highest BCUT2D eigenvalue weighted by molar-refractivity contribution is 5.98. The van der Waals surface area contributed by atoms with Gasteiger partial charge in [-0.1, -0.05) is 6.92 Å². The molecule has 0 amide bonds. The molecule has 5 heteroatoms. The molecule has 0 aliphatic heterocycles. The second kappa shape index (κ2) is 7.51. The maximum absolute atomic E-state index is 11.6. The van der Waals surface area contributed by atoms with Gasteiger partial charge >= 0.3 is 5.97 Å². The minimum absolute atomic E-state index is 0.0600. The van der Waals surface area contributed by atoms with Crippen molar-refractivity contribution in [1.82, 2.24) is 4.57 Å². The summed E-state index contributed by atoms with van der Waals surface area (Å²) in [4.78, 5) is 11.6. The first-order valence-corrected chi connectivity index (χ1v) is 6.61. The van der Waals surface area contributed by atoms with E-state index in [0.29, 0.717) is 0 Å². The normalized spacial score (nSPS) is 11.2. The lowest BCUT2D eigenvalue weighted by atomic mass is 10.1. The molecule has 1 aromatic rings. The number of hydrogen-bond donors (Lipinski definition) is 1. The average molecular weight is 276 g/mol. The smallest absolute Gasteiger partial charge is 0.348 e. The number of nitriles is 1. The van der Waals surface area contributed by atoms with Crippen LogP contribution in [0.2, 0.25) is 0 Å². The van der Waals surface area contributed by atoms with Gasteiger partial charge in [0.05, 0.1) is 6.61 Å². The summed E-state index contributed by atoms with van der Waals surface area (Å²) < 4.78 is 6.91. The lowest BCUT2D eigenvalue weighted by Crippen LogP contribution is -2.10. The van der Waals surface area contributed by atoms with Crippen molar-refractivity contribution in [2.24, 2.45) is 0 Å². The zero-order valence-corrected chi connectivity index (χ0v) is 12.1. The lowest BCUT2D eigenvalue weighted by Gasteiger charge is -2.07. The number of aryl methyl sites for hydroxylation is 1. The quantitative estimate of drug-likeness (QED) is 0.489. The number of carbonyl (C=O) groups excluding carboxylic acids is 1. The van der Waals surface area contributed by atoms with Gasteiger partial charge in [-0.3, -0.25) is 0 Å². The topological polar surface area (TPSA) is 75.2 Å². The number of ether oxygens (including phenoxy) is 1. The molecule has 0 fully saturated rings. The van der Waals surface area contributed by atoms with Crippen molar-refractivity contribution in [2.45, 2.75) is 33.7 Å². The Kier molecular flexibility index (Phi) is 6.01. The summed E-state index contributed by atoms with van der Waals surface area (Å²) in [5.74, 6) is -0.707. The lowest BCUT2D eigenvalue weighted by molar-refractivity contribution is -0.139. The molecule has 0 atom stereocenters. The Morgan fingerprint density at radius 3 is 2.80 bits per heavy atom. The molecule has 0 bridgehead atoms. The molecule has 0 aliphatic rings. The van der Waals surface area contributed by atoms with Crippen LogP contribution in [0.4, 0.5) is 0 Å². The molecule has 0 aromatic carbocycles. The van der Waals surface area contributed by atoms with Crippen LogP contribution in [0.3, 0.4) is 0 Å². The standard InChI is InChI=1S/C15H20N2O3/c1-4-5-17-11(2)8-13(12(17)3)9-14(10-16)15(19)20-7-6-18/h8-9,18H,4-7H2,1-3H3/b14-9+. The third kappa shape index (κ3) is 3.72. The Bertz CT molecular complexity index is 550. The number of nitrogens with zero attached hydrogens (tertiary/aromatic N) is 2. The third-order valence-electron chi connectivity index (χ3n) is 3.02. The summed E-state index contributed by atoms with van der Waals surface area (Å²) in [6, 6.07) is 3.79. The summed E-state index contributed by atoms with van der Waals surface area (Å²) in [5, 5.41) is 17.7. The van der Waals surface area contributed by atoms with Gasteiger partial charge in [-0.2, -0.15) is 5.26 Å². The molecule has 1 rings (SSSR count). The third-order valence-corrected chi connectivity index (χ3v) is 3.02. The van der Waals surface area contributed by atoms with E-state index >= 15 is 0 Å². The Morgan fingerprint density at radius 2 is 2.25 bits per heavy atom. The first-order chi connectivity index (χ1) is 9.54. The van der Waals surface area contributed by atoms with Gasteiger partial charge in [0, 0.05) is 17.9 Å². The van der Waals surface area contributed by atoms with Crippen LogP contribution >= 0.6 is 0 Å². The van der Waals surface area contributed by atoms with Crippen LogP contribution in [0, 0.1) is 25.2 Å². The van der Waals surface area contributed by atoms with Crippen LogP contribution in [-0.4, -0.2) is 28.9 Å². The summed E-state index contributed by atoms with van der Waals surface area (Å²) in [5.41, 5.74) is 2.90. The fraction of sp³-hybridized carbons (Fsp3) is 0.467. The predicted octanol–water partition coefficient (Wildman–Crippen LogP) is 1.96. The highest BCUT2D eigenvalue weighted by Gasteiger charge is 2.13. The number of aromatic nitrogens is 1. The fourth-order valence-electron chi connectivity index (χ4n) is 2.05. The minimum Gasteiger partial charge on any atom is -0.459 e. The van der Waals surface area contributed by atoms with E-state index in [2.05, 4.69) is 11.5 Å². The number of aliphatic hydroxyl groups is 1. The molecule has 0 saturated heterocycles. The van der Waals surface area contributed by atoms with Crippen LogP contribution < -0.4 is 0 Å². The Morgan fingerprint density at radius 1 is 1.55 bits per heavy atom. The Balaban J connectivity index is 3.05. The predicted molar refractivity (Wildman–Crippen MR) is 75.8 cm³/mol. The number of rotatable bonds is 6. The van der Waals surface area contributed by atoms with Crippen molar-refractivity contribution < 1.29 is 14.6 Å². The van der Waals surface area contributed by atoms with Crippen molar-refractivity contribution >= 4 is 12.0 Å². The molecular formula is C15H20N2O3. The van der Waals surface area contributed by atoms with E-state index in [1.54, 1.807) is 0 Å². The number of aliphatic hydroxyl groups excluding tert-OH is 1. The SMILES string of the molecule is CCCn1c(C)cc(/C=C(\C#N)C(=O)OCCO)c1C. The molecule has 0 saturated carbocycles. The monoisotopic (exact) mass is 276 g/mol. The molecule has 108 valence electrons. The van der Waals surface area contributed by atoms with Gasteiger partial charge in [0.1, 0.15) is 18.2 Å². The number of esters is 1. The molecule has 1 heterocycles. The molecule has 0 spiro atoms. The van der Waals surface area contributed by atoms with Gasteiger partial charge in [-0.25, -0.2) is 4.79 Å². The number of carbonyl (C=O) groups is 1. The highest BCUT2D eigenvalue weighted by atomic mass is 16.5. The van der Waals surface area contributed by atoms with E-state index in [-0.39, 0.29) is 18.8 Å². The molecule has 1 N–H and O–H groups in total. The van der Waals surface area contributed by atoms with Crippen LogP contribution in [0.1, 0.15) is 30.3 Å². The molecule has 5 nitrogen and oxygen atoms in total. The largest absolute Gasteiger partial charge is 0.459 e. The van der Waals surface area contributed by atoms with Crippen molar-refractivity contribution in [2.75, 3.05) is 13.2 Å². The van der Waals surface area contributed by atoms with E-state index in [9.17, 15) is 4.79 Å². The summed E-state index contributed by atoms with van der Waals surface area (Å²) in [6.07, 6.45) is 2.55. The molecule has 1 aromatic heterocycles. The van der Waals surface area contributed by atoms with Gasteiger partial charge in [0.2, 0.25) is 0 Å². The van der Waals surface area contributed by atoms with E-state index < -0.39 is 5.97 Å². The summed E-state index contributed by atoms with van der Waals surface area (Å²) in [7, 11) is 0. The van der Waals surface area contributed by atoms with Gasteiger partial charge in [-0.05, 0) is 38.0 Å². The van der Waals surface area contributed by atoms with Crippen molar-refractivity contribution in [1.29, 1.82) is 5.26 Å². The van der Waals surface area contributed by atoms with Gasteiger partial charge < -0.3 is 14.4 Å². The molecule has 0 radical (unpaired) electrons. The van der Waals surface area contributed by atoms with Crippen molar-refractivity contribution in [3.8, 4) is 6.07 Å². The first-order valence-electron chi connectivity index (χ1n) is 6.61. The first kappa shape index (κ1) is 16.0. The van der Waals surface area contributed by atoms with E-state index in [4.69, 9.17) is 15.1 Å². The second-order valence-corrected chi connectivity index (χ2v) is 4.51.